The third-order valence-electron chi connectivity index (χ3n) is 4.67. The van der Waals surface area contributed by atoms with E-state index < -0.39 is 0 Å². The van der Waals surface area contributed by atoms with Crippen molar-refractivity contribution in [3.05, 3.63) is 0 Å². The molecule has 2 N–H and O–H groups in total. The van der Waals surface area contributed by atoms with Gasteiger partial charge in [0.25, 0.3) is 0 Å². The molecule has 0 aromatic heterocycles. The highest BCUT2D eigenvalue weighted by Gasteiger charge is 2.40. The van der Waals surface area contributed by atoms with Gasteiger partial charge >= 0.3 is 0 Å². The van der Waals surface area contributed by atoms with Crippen molar-refractivity contribution in [3.8, 4) is 0 Å². The van der Waals surface area contributed by atoms with E-state index in [0.717, 1.165) is 18.3 Å². The quantitative estimate of drug-likeness (QED) is 0.763. The third kappa shape index (κ3) is 3.47. The minimum Gasteiger partial charge on any atom is -0.394 e. The van der Waals surface area contributed by atoms with Crippen LogP contribution in [0.15, 0.2) is 0 Å². The molecule has 0 radical (unpaired) electrons. The summed E-state index contributed by atoms with van der Waals surface area (Å²) in [5.41, 5.74) is 0. The van der Waals surface area contributed by atoms with Crippen molar-refractivity contribution in [2.45, 2.75) is 58.4 Å². The van der Waals surface area contributed by atoms with Crippen LogP contribution in [-0.2, 0) is 4.79 Å². The molecule has 3 nitrogen and oxygen atoms in total. The fourth-order valence-electron chi connectivity index (χ4n) is 3.90. The number of aliphatic hydroxyl groups excluding tert-OH is 1. The molecule has 1 amide bonds. The number of nitrogens with one attached hydrogen (secondary N) is 1. The predicted molar refractivity (Wildman–Crippen MR) is 72.0 cm³/mol. The van der Waals surface area contributed by atoms with Gasteiger partial charge in [-0.3, -0.25) is 4.79 Å². The minimum atomic E-state index is -0.0592. The molecule has 2 aliphatic rings. The lowest BCUT2D eigenvalue weighted by Gasteiger charge is -2.23. The Kier molecular flexibility index (Phi) is 4.66. The Morgan fingerprint density at radius 3 is 2.61 bits per heavy atom. The summed E-state index contributed by atoms with van der Waals surface area (Å²) in [6.45, 7) is 4.29. The van der Waals surface area contributed by atoms with Crippen molar-refractivity contribution < 1.29 is 9.90 Å². The molecule has 0 saturated heterocycles. The second kappa shape index (κ2) is 6.05. The molecular weight excluding hydrogens is 226 g/mol. The van der Waals surface area contributed by atoms with Crippen molar-refractivity contribution in [2.75, 3.05) is 6.61 Å². The summed E-state index contributed by atoms with van der Waals surface area (Å²) in [5.74, 6) is 2.97. The highest BCUT2D eigenvalue weighted by atomic mass is 16.3. The van der Waals surface area contributed by atoms with Gasteiger partial charge in [0, 0.05) is 6.42 Å². The summed E-state index contributed by atoms with van der Waals surface area (Å²) in [4.78, 5) is 12.0. The van der Waals surface area contributed by atoms with E-state index in [-0.39, 0.29) is 18.6 Å². The lowest BCUT2D eigenvalue weighted by molar-refractivity contribution is -0.123. The van der Waals surface area contributed by atoms with Crippen LogP contribution in [-0.4, -0.2) is 23.7 Å². The number of carbonyl (C=O) groups excluding carboxylic acids is 1. The predicted octanol–water partition coefficient (Wildman–Crippen LogP) is 2.34. The molecule has 0 spiro atoms. The van der Waals surface area contributed by atoms with Gasteiger partial charge < -0.3 is 10.4 Å². The van der Waals surface area contributed by atoms with Gasteiger partial charge in [0.1, 0.15) is 0 Å². The highest BCUT2D eigenvalue weighted by Crippen LogP contribution is 2.49. The Morgan fingerprint density at radius 2 is 2.11 bits per heavy atom. The molecule has 3 heteroatoms. The van der Waals surface area contributed by atoms with Gasteiger partial charge in [0.05, 0.1) is 12.6 Å². The molecule has 2 rings (SSSR count). The first-order chi connectivity index (χ1) is 8.58. The van der Waals surface area contributed by atoms with Crippen LogP contribution in [0.25, 0.3) is 0 Å². The van der Waals surface area contributed by atoms with Gasteiger partial charge in [-0.25, -0.2) is 0 Å². The Bertz CT molecular complexity index is 290. The second-order valence-corrected chi connectivity index (χ2v) is 6.72. The largest absolute Gasteiger partial charge is 0.394 e. The lowest BCUT2D eigenvalue weighted by atomic mass is 9.86. The maximum absolute atomic E-state index is 12.0. The van der Waals surface area contributed by atoms with Crippen LogP contribution < -0.4 is 5.32 Å². The van der Waals surface area contributed by atoms with Crippen molar-refractivity contribution in [3.63, 3.8) is 0 Å². The van der Waals surface area contributed by atoms with Crippen molar-refractivity contribution >= 4 is 5.91 Å². The SMILES string of the molecule is CC(C)CC(CO)NC(=O)CC1CC2CCC1C2. The summed E-state index contributed by atoms with van der Waals surface area (Å²) in [6.07, 6.45) is 6.86. The summed E-state index contributed by atoms with van der Waals surface area (Å²) in [7, 11) is 0. The molecule has 4 unspecified atom stereocenters. The maximum Gasteiger partial charge on any atom is 0.220 e. The minimum absolute atomic E-state index is 0.0562. The maximum atomic E-state index is 12.0. The Labute approximate surface area is 110 Å². The lowest BCUT2D eigenvalue weighted by Crippen LogP contribution is -2.39. The van der Waals surface area contributed by atoms with Gasteiger partial charge in [-0.1, -0.05) is 20.3 Å². The fourth-order valence-corrected chi connectivity index (χ4v) is 3.90. The van der Waals surface area contributed by atoms with Crippen LogP contribution in [0.5, 0.6) is 0 Å². The average molecular weight is 253 g/mol. The molecule has 104 valence electrons. The average Bonchev–Trinajstić information content (AvgIpc) is 2.89. The number of aliphatic hydroxyl groups is 1. The van der Waals surface area contributed by atoms with E-state index >= 15 is 0 Å². The normalized spacial score (nSPS) is 31.9. The summed E-state index contributed by atoms with van der Waals surface area (Å²) >= 11 is 0. The molecule has 0 aliphatic heterocycles. The van der Waals surface area contributed by atoms with E-state index in [2.05, 4.69) is 19.2 Å². The molecule has 4 atom stereocenters. The number of hydrogen-bond acceptors (Lipinski definition) is 2. The first-order valence-electron chi connectivity index (χ1n) is 7.48. The molecule has 2 saturated carbocycles. The molecule has 2 bridgehead atoms. The van der Waals surface area contributed by atoms with E-state index in [1.165, 1.54) is 25.7 Å². The van der Waals surface area contributed by atoms with E-state index in [0.29, 0.717) is 18.3 Å². The fraction of sp³-hybridized carbons (Fsp3) is 0.933. The Morgan fingerprint density at radius 1 is 1.33 bits per heavy atom. The number of amides is 1. The number of hydrogen-bond donors (Lipinski definition) is 2. The number of rotatable bonds is 6. The summed E-state index contributed by atoms with van der Waals surface area (Å²) in [5, 5.41) is 12.3. The monoisotopic (exact) mass is 253 g/mol. The molecule has 0 aromatic rings. The van der Waals surface area contributed by atoms with Gasteiger partial charge in [0.2, 0.25) is 5.91 Å². The van der Waals surface area contributed by atoms with Crippen LogP contribution >= 0.6 is 0 Å². The van der Waals surface area contributed by atoms with Crippen LogP contribution in [0.1, 0.15) is 52.4 Å². The smallest absolute Gasteiger partial charge is 0.220 e. The van der Waals surface area contributed by atoms with E-state index in [1.54, 1.807) is 0 Å². The van der Waals surface area contributed by atoms with E-state index in [1.807, 2.05) is 0 Å². The van der Waals surface area contributed by atoms with Crippen molar-refractivity contribution in [1.82, 2.24) is 5.32 Å². The molecule has 0 heterocycles. The summed E-state index contributed by atoms with van der Waals surface area (Å²) in [6, 6.07) is -0.0592. The van der Waals surface area contributed by atoms with Gasteiger partial charge in [-0.05, 0) is 49.4 Å². The number of fused-ring (bicyclic) bond motifs is 2. The summed E-state index contributed by atoms with van der Waals surface area (Å²) < 4.78 is 0. The van der Waals surface area contributed by atoms with E-state index in [4.69, 9.17) is 0 Å². The standard InChI is InChI=1S/C15H27NO2/c1-10(2)5-14(9-17)16-15(18)8-13-7-11-3-4-12(13)6-11/h10-14,17H,3-9H2,1-2H3,(H,16,18). The zero-order valence-corrected chi connectivity index (χ0v) is 11.7. The van der Waals surface area contributed by atoms with E-state index in [9.17, 15) is 9.90 Å². The molecule has 2 fully saturated rings. The molecule has 0 aromatic carbocycles. The highest BCUT2D eigenvalue weighted by molar-refractivity contribution is 5.76. The van der Waals surface area contributed by atoms with Crippen LogP contribution in [0.4, 0.5) is 0 Å². The Hall–Kier alpha value is -0.570. The topological polar surface area (TPSA) is 49.3 Å². The zero-order chi connectivity index (χ0) is 13.1. The van der Waals surface area contributed by atoms with Crippen LogP contribution in [0.2, 0.25) is 0 Å². The first-order valence-corrected chi connectivity index (χ1v) is 7.48. The third-order valence-corrected chi connectivity index (χ3v) is 4.67. The van der Waals surface area contributed by atoms with Crippen LogP contribution in [0.3, 0.4) is 0 Å². The molecular formula is C15H27NO2. The van der Waals surface area contributed by atoms with Gasteiger partial charge in [-0.15, -0.1) is 0 Å². The zero-order valence-electron chi connectivity index (χ0n) is 11.7. The van der Waals surface area contributed by atoms with Crippen molar-refractivity contribution in [2.24, 2.45) is 23.7 Å². The molecule has 18 heavy (non-hydrogen) atoms. The van der Waals surface area contributed by atoms with Gasteiger partial charge in [0.15, 0.2) is 0 Å². The number of carbonyl (C=O) groups is 1. The molecule has 2 aliphatic carbocycles. The van der Waals surface area contributed by atoms with Gasteiger partial charge in [-0.2, -0.15) is 0 Å². The Balaban J connectivity index is 1.74. The van der Waals surface area contributed by atoms with Crippen molar-refractivity contribution in [1.29, 1.82) is 0 Å². The van der Waals surface area contributed by atoms with Crippen LogP contribution in [0, 0.1) is 23.7 Å². The first kappa shape index (κ1) is 13.9. The second-order valence-electron chi connectivity index (χ2n) is 6.72.